The average Bonchev–Trinajstić information content (AvgIpc) is 2.83. The van der Waals surface area contributed by atoms with E-state index < -0.39 is 0 Å². The highest BCUT2D eigenvalue weighted by atomic mass is 16.2. The summed E-state index contributed by atoms with van der Waals surface area (Å²) in [6.45, 7) is 8.60. The van der Waals surface area contributed by atoms with Crippen LogP contribution in [-0.2, 0) is 4.79 Å². The Hall–Kier alpha value is -0.610. The molecule has 0 bridgehead atoms. The molecule has 1 aliphatic carbocycles. The van der Waals surface area contributed by atoms with Crippen molar-refractivity contribution in [2.75, 3.05) is 26.3 Å². The normalized spacial score (nSPS) is 32.1. The van der Waals surface area contributed by atoms with E-state index >= 15 is 0 Å². The van der Waals surface area contributed by atoms with Gasteiger partial charge in [-0.25, -0.2) is 0 Å². The first kappa shape index (κ1) is 11.5. The standard InChI is InChI=1S/C13H23N3O/c1-10(2)15-6-3-11(7-15)8-16-9-14-13(4-5-13)12(16)17/h10-11,14H,3-9H2,1-2H3. The minimum atomic E-state index is -0.115. The number of nitrogens with one attached hydrogen (secondary N) is 1. The van der Waals surface area contributed by atoms with E-state index in [1.165, 1.54) is 13.0 Å². The molecule has 4 nitrogen and oxygen atoms in total. The number of rotatable bonds is 3. The van der Waals surface area contributed by atoms with E-state index in [4.69, 9.17) is 0 Å². The lowest BCUT2D eigenvalue weighted by atomic mass is 10.1. The van der Waals surface area contributed by atoms with Crippen molar-refractivity contribution in [3.8, 4) is 0 Å². The van der Waals surface area contributed by atoms with Crippen molar-refractivity contribution >= 4 is 5.91 Å². The summed E-state index contributed by atoms with van der Waals surface area (Å²) >= 11 is 0. The van der Waals surface area contributed by atoms with Gasteiger partial charge < -0.3 is 9.80 Å². The third-order valence-corrected chi connectivity index (χ3v) is 4.58. The molecule has 3 fully saturated rings. The predicted molar refractivity (Wildman–Crippen MR) is 66.5 cm³/mol. The highest BCUT2D eigenvalue weighted by Gasteiger charge is 2.55. The van der Waals surface area contributed by atoms with Gasteiger partial charge in [0.1, 0.15) is 0 Å². The Balaban J connectivity index is 1.53. The molecule has 1 atom stereocenters. The smallest absolute Gasteiger partial charge is 0.243 e. The zero-order chi connectivity index (χ0) is 12.0. The van der Waals surface area contributed by atoms with Gasteiger partial charge in [0.2, 0.25) is 5.91 Å². The summed E-state index contributed by atoms with van der Waals surface area (Å²) in [5, 5.41) is 3.38. The Morgan fingerprint density at radius 1 is 1.47 bits per heavy atom. The van der Waals surface area contributed by atoms with E-state index in [1.54, 1.807) is 0 Å². The zero-order valence-corrected chi connectivity index (χ0v) is 10.9. The first-order valence-corrected chi connectivity index (χ1v) is 6.89. The molecule has 3 aliphatic rings. The van der Waals surface area contributed by atoms with Gasteiger partial charge in [0.05, 0.1) is 12.2 Å². The van der Waals surface area contributed by atoms with Gasteiger partial charge in [0.15, 0.2) is 0 Å². The van der Waals surface area contributed by atoms with Crippen LogP contribution in [0.2, 0.25) is 0 Å². The van der Waals surface area contributed by atoms with Crippen LogP contribution in [0.4, 0.5) is 0 Å². The number of hydrogen-bond acceptors (Lipinski definition) is 3. The summed E-state index contributed by atoms with van der Waals surface area (Å²) < 4.78 is 0. The molecular formula is C13H23N3O. The molecule has 1 saturated carbocycles. The Bertz CT molecular complexity index is 325. The van der Waals surface area contributed by atoms with Crippen LogP contribution in [-0.4, -0.2) is 53.6 Å². The van der Waals surface area contributed by atoms with Gasteiger partial charge in [-0.2, -0.15) is 0 Å². The lowest BCUT2D eigenvalue weighted by molar-refractivity contribution is -0.130. The molecule has 0 aromatic carbocycles. The lowest BCUT2D eigenvalue weighted by Crippen LogP contribution is -2.36. The van der Waals surface area contributed by atoms with Crippen molar-refractivity contribution < 1.29 is 4.79 Å². The number of likely N-dealkylation sites (tertiary alicyclic amines) is 1. The predicted octanol–water partition coefficient (Wildman–Crippen LogP) is 0.639. The number of nitrogens with zero attached hydrogens (tertiary/aromatic N) is 2. The number of carbonyl (C=O) groups is 1. The molecule has 17 heavy (non-hydrogen) atoms. The lowest BCUT2D eigenvalue weighted by Gasteiger charge is -2.22. The Morgan fingerprint density at radius 3 is 2.76 bits per heavy atom. The summed E-state index contributed by atoms with van der Waals surface area (Å²) in [5.41, 5.74) is -0.115. The summed E-state index contributed by atoms with van der Waals surface area (Å²) in [4.78, 5) is 16.7. The van der Waals surface area contributed by atoms with E-state index in [0.29, 0.717) is 17.9 Å². The van der Waals surface area contributed by atoms with Crippen molar-refractivity contribution in [1.82, 2.24) is 15.1 Å². The largest absolute Gasteiger partial charge is 0.328 e. The van der Waals surface area contributed by atoms with E-state index in [9.17, 15) is 4.79 Å². The van der Waals surface area contributed by atoms with Crippen molar-refractivity contribution in [1.29, 1.82) is 0 Å². The minimum absolute atomic E-state index is 0.115. The van der Waals surface area contributed by atoms with Crippen molar-refractivity contribution in [3.05, 3.63) is 0 Å². The second kappa shape index (κ2) is 3.95. The van der Waals surface area contributed by atoms with Crippen LogP contribution in [0.15, 0.2) is 0 Å². The number of amides is 1. The first-order chi connectivity index (χ1) is 8.11. The highest BCUT2D eigenvalue weighted by molar-refractivity contribution is 5.91. The first-order valence-electron chi connectivity index (χ1n) is 6.89. The molecule has 2 aliphatic heterocycles. The number of carbonyl (C=O) groups excluding carboxylic acids is 1. The molecular weight excluding hydrogens is 214 g/mol. The molecule has 3 rings (SSSR count). The van der Waals surface area contributed by atoms with Crippen LogP contribution in [0.3, 0.4) is 0 Å². The third-order valence-electron chi connectivity index (χ3n) is 4.58. The van der Waals surface area contributed by atoms with E-state index in [0.717, 1.165) is 32.6 Å². The molecule has 4 heteroatoms. The Morgan fingerprint density at radius 2 is 2.24 bits per heavy atom. The van der Waals surface area contributed by atoms with Crippen LogP contribution in [0.5, 0.6) is 0 Å². The molecule has 0 aromatic rings. The van der Waals surface area contributed by atoms with Crippen molar-refractivity contribution in [3.63, 3.8) is 0 Å². The summed E-state index contributed by atoms with van der Waals surface area (Å²) in [7, 11) is 0. The molecule has 1 spiro atoms. The molecule has 0 radical (unpaired) electrons. The monoisotopic (exact) mass is 237 g/mol. The van der Waals surface area contributed by atoms with Crippen LogP contribution in [0.25, 0.3) is 0 Å². The quantitative estimate of drug-likeness (QED) is 0.782. The molecule has 1 N–H and O–H groups in total. The highest BCUT2D eigenvalue weighted by Crippen LogP contribution is 2.40. The maximum Gasteiger partial charge on any atom is 0.243 e. The van der Waals surface area contributed by atoms with Gasteiger partial charge in [-0.15, -0.1) is 0 Å². The zero-order valence-electron chi connectivity index (χ0n) is 10.9. The van der Waals surface area contributed by atoms with Gasteiger partial charge in [0.25, 0.3) is 0 Å². The SMILES string of the molecule is CC(C)N1CCC(CN2CNC3(CC3)C2=O)C1. The van der Waals surface area contributed by atoms with Gasteiger partial charge in [-0.05, 0) is 45.6 Å². The topological polar surface area (TPSA) is 35.6 Å². The van der Waals surface area contributed by atoms with Gasteiger partial charge >= 0.3 is 0 Å². The van der Waals surface area contributed by atoms with Gasteiger partial charge in [-0.1, -0.05) is 0 Å². The van der Waals surface area contributed by atoms with Crippen LogP contribution in [0, 0.1) is 5.92 Å². The molecule has 1 amide bonds. The maximum absolute atomic E-state index is 12.1. The maximum atomic E-state index is 12.1. The molecule has 96 valence electrons. The van der Waals surface area contributed by atoms with Crippen LogP contribution in [0.1, 0.15) is 33.1 Å². The van der Waals surface area contributed by atoms with Crippen LogP contribution < -0.4 is 5.32 Å². The summed E-state index contributed by atoms with van der Waals surface area (Å²) in [6.07, 6.45) is 3.34. The average molecular weight is 237 g/mol. The van der Waals surface area contributed by atoms with Crippen molar-refractivity contribution in [2.45, 2.75) is 44.7 Å². The van der Waals surface area contributed by atoms with Crippen LogP contribution >= 0.6 is 0 Å². The van der Waals surface area contributed by atoms with E-state index in [-0.39, 0.29) is 5.54 Å². The summed E-state index contributed by atoms with van der Waals surface area (Å²) in [5.74, 6) is 1.04. The Labute approximate surface area is 103 Å². The third kappa shape index (κ3) is 1.97. The Kier molecular flexibility index (Phi) is 2.67. The fourth-order valence-corrected chi connectivity index (χ4v) is 3.15. The molecule has 2 heterocycles. The van der Waals surface area contributed by atoms with E-state index in [1.807, 2.05) is 4.90 Å². The van der Waals surface area contributed by atoms with Crippen molar-refractivity contribution in [2.24, 2.45) is 5.92 Å². The molecule has 0 aromatic heterocycles. The second-order valence-electron chi connectivity index (χ2n) is 6.19. The molecule has 1 unspecified atom stereocenters. The van der Waals surface area contributed by atoms with Gasteiger partial charge in [-0.3, -0.25) is 10.1 Å². The second-order valence-corrected chi connectivity index (χ2v) is 6.19. The van der Waals surface area contributed by atoms with E-state index in [2.05, 4.69) is 24.1 Å². The number of hydrogen-bond donors (Lipinski definition) is 1. The van der Waals surface area contributed by atoms with Gasteiger partial charge in [0, 0.05) is 19.1 Å². The fourth-order valence-electron chi connectivity index (χ4n) is 3.15. The minimum Gasteiger partial charge on any atom is -0.328 e. The molecule has 2 saturated heterocycles. The summed E-state index contributed by atoms with van der Waals surface area (Å²) in [6, 6.07) is 0.641. The fraction of sp³-hybridized carbons (Fsp3) is 0.923.